The van der Waals surface area contributed by atoms with Crippen molar-refractivity contribution >= 4 is 17.4 Å². The molecule has 0 saturated carbocycles. The maximum absolute atomic E-state index is 13.5. The van der Waals surface area contributed by atoms with Gasteiger partial charge in [-0.25, -0.2) is 4.39 Å². The Morgan fingerprint density at radius 2 is 2.15 bits per heavy atom. The molecule has 1 heterocycles. The van der Waals surface area contributed by atoms with Gasteiger partial charge in [0.05, 0.1) is 5.56 Å². The van der Waals surface area contributed by atoms with Gasteiger partial charge in [-0.15, -0.1) is 0 Å². The second-order valence-corrected chi connectivity index (χ2v) is 4.04. The first-order valence-electron chi connectivity index (χ1n) is 5.66. The molecular weight excluding hydrogens is 265 g/mol. The van der Waals surface area contributed by atoms with Crippen LogP contribution in [0, 0.1) is 12.7 Å². The lowest BCUT2D eigenvalue weighted by molar-refractivity contribution is 0.0995. The SMILES string of the molecule is Cc1ccc(C(=O)Nc2ccc(F)c(C(N)=NO)c2)o1. The average Bonchev–Trinajstić information content (AvgIpc) is 2.87. The van der Waals surface area contributed by atoms with Crippen molar-refractivity contribution in [2.24, 2.45) is 10.9 Å². The largest absolute Gasteiger partial charge is 0.456 e. The second kappa shape index (κ2) is 5.43. The Labute approximate surface area is 113 Å². The number of oxime groups is 1. The normalized spacial score (nSPS) is 11.4. The van der Waals surface area contributed by atoms with Gasteiger partial charge in [-0.1, -0.05) is 5.16 Å². The van der Waals surface area contributed by atoms with Crippen molar-refractivity contribution in [3.8, 4) is 0 Å². The molecule has 0 fully saturated rings. The fraction of sp³-hybridized carbons (Fsp3) is 0.0769. The first kappa shape index (κ1) is 13.6. The van der Waals surface area contributed by atoms with Crippen LogP contribution in [0.15, 0.2) is 39.9 Å². The van der Waals surface area contributed by atoms with Crippen molar-refractivity contribution in [2.45, 2.75) is 6.92 Å². The molecule has 0 atom stereocenters. The number of hydrogen-bond acceptors (Lipinski definition) is 4. The van der Waals surface area contributed by atoms with E-state index in [1.807, 2.05) is 0 Å². The summed E-state index contributed by atoms with van der Waals surface area (Å²) in [4.78, 5) is 11.9. The monoisotopic (exact) mass is 277 g/mol. The van der Waals surface area contributed by atoms with E-state index < -0.39 is 11.7 Å². The summed E-state index contributed by atoms with van der Waals surface area (Å²) in [5.41, 5.74) is 5.53. The van der Waals surface area contributed by atoms with E-state index in [0.29, 0.717) is 11.4 Å². The summed E-state index contributed by atoms with van der Waals surface area (Å²) in [7, 11) is 0. The summed E-state index contributed by atoms with van der Waals surface area (Å²) in [6.45, 7) is 1.71. The molecular formula is C13H12FN3O3. The summed E-state index contributed by atoms with van der Waals surface area (Å²) in [5, 5.41) is 13.8. The molecule has 0 spiro atoms. The van der Waals surface area contributed by atoms with Crippen molar-refractivity contribution in [1.82, 2.24) is 0 Å². The van der Waals surface area contributed by atoms with E-state index in [2.05, 4.69) is 10.5 Å². The number of nitrogens with two attached hydrogens (primary N) is 1. The standard InChI is InChI=1S/C13H12FN3O3/c1-7-2-5-11(20-7)13(18)16-8-3-4-10(14)9(6-8)12(15)17-19/h2-6,19H,1H3,(H2,15,17)(H,16,18). The highest BCUT2D eigenvalue weighted by Crippen LogP contribution is 2.16. The molecule has 1 amide bonds. The number of aryl methyl sites for hydroxylation is 1. The highest BCUT2D eigenvalue weighted by Gasteiger charge is 2.13. The average molecular weight is 277 g/mol. The van der Waals surface area contributed by atoms with E-state index >= 15 is 0 Å². The molecule has 2 rings (SSSR count). The van der Waals surface area contributed by atoms with Crippen LogP contribution in [-0.2, 0) is 0 Å². The number of benzene rings is 1. The smallest absolute Gasteiger partial charge is 0.291 e. The maximum atomic E-state index is 13.5. The van der Waals surface area contributed by atoms with Crippen molar-refractivity contribution in [2.75, 3.05) is 5.32 Å². The number of nitrogens with zero attached hydrogens (tertiary/aromatic N) is 1. The zero-order chi connectivity index (χ0) is 14.7. The topological polar surface area (TPSA) is 101 Å². The number of rotatable bonds is 3. The number of furan rings is 1. The highest BCUT2D eigenvalue weighted by atomic mass is 19.1. The van der Waals surface area contributed by atoms with Crippen molar-refractivity contribution in [3.05, 3.63) is 53.2 Å². The maximum Gasteiger partial charge on any atom is 0.291 e. The van der Waals surface area contributed by atoms with Crippen LogP contribution in [-0.4, -0.2) is 17.0 Å². The van der Waals surface area contributed by atoms with Crippen LogP contribution in [0.2, 0.25) is 0 Å². The lowest BCUT2D eigenvalue weighted by Gasteiger charge is -2.06. The van der Waals surface area contributed by atoms with E-state index in [-0.39, 0.29) is 17.2 Å². The van der Waals surface area contributed by atoms with E-state index in [0.717, 1.165) is 6.07 Å². The minimum absolute atomic E-state index is 0.110. The summed E-state index contributed by atoms with van der Waals surface area (Å²) in [6, 6.07) is 6.91. The zero-order valence-electron chi connectivity index (χ0n) is 10.6. The molecule has 0 bridgehead atoms. The Morgan fingerprint density at radius 1 is 1.40 bits per heavy atom. The number of anilines is 1. The Morgan fingerprint density at radius 3 is 2.75 bits per heavy atom. The van der Waals surface area contributed by atoms with Crippen LogP contribution in [0.5, 0.6) is 0 Å². The lowest BCUT2D eigenvalue weighted by Crippen LogP contribution is -2.17. The Bertz CT molecular complexity index is 679. The van der Waals surface area contributed by atoms with E-state index in [4.69, 9.17) is 15.4 Å². The molecule has 7 heteroatoms. The third kappa shape index (κ3) is 2.77. The molecule has 1 aromatic heterocycles. The van der Waals surface area contributed by atoms with Crippen LogP contribution in [0.4, 0.5) is 10.1 Å². The van der Waals surface area contributed by atoms with E-state index in [1.165, 1.54) is 18.2 Å². The molecule has 104 valence electrons. The van der Waals surface area contributed by atoms with Crippen LogP contribution in [0.1, 0.15) is 21.9 Å². The van der Waals surface area contributed by atoms with Crippen LogP contribution in [0.25, 0.3) is 0 Å². The first-order valence-corrected chi connectivity index (χ1v) is 5.66. The molecule has 4 N–H and O–H groups in total. The number of amidine groups is 1. The number of hydrogen-bond donors (Lipinski definition) is 3. The van der Waals surface area contributed by atoms with Gasteiger partial charge >= 0.3 is 0 Å². The quantitative estimate of drug-likeness (QED) is 0.346. The predicted octanol–water partition coefficient (Wildman–Crippen LogP) is 2.07. The molecule has 2 aromatic rings. The summed E-state index contributed by atoms with van der Waals surface area (Å²) in [5.74, 6) is -0.779. The van der Waals surface area contributed by atoms with Gasteiger partial charge < -0.3 is 20.7 Å². The number of nitrogens with one attached hydrogen (secondary N) is 1. The van der Waals surface area contributed by atoms with Gasteiger partial charge in [0.2, 0.25) is 0 Å². The minimum atomic E-state index is -0.660. The molecule has 0 saturated heterocycles. The first-order chi connectivity index (χ1) is 9.51. The minimum Gasteiger partial charge on any atom is -0.456 e. The molecule has 0 aliphatic rings. The summed E-state index contributed by atoms with van der Waals surface area (Å²) >= 11 is 0. The summed E-state index contributed by atoms with van der Waals surface area (Å²) in [6.07, 6.45) is 0. The molecule has 20 heavy (non-hydrogen) atoms. The van der Waals surface area contributed by atoms with E-state index in [1.54, 1.807) is 13.0 Å². The third-order valence-electron chi connectivity index (χ3n) is 2.57. The molecule has 0 aliphatic carbocycles. The van der Waals surface area contributed by atoms with Gasteiger partial charge in [0.25, 0.3) is 5.91 Å². The molecule has 0 radical (unpaired) electrons. The molecule has 6 nitrogen and oxygen atoms in total. The number of carbonyl (C=O) groups excluding carboxylic acids is 1. The van der Waals surface area contributed by atoms with Gasteiger partial charge in [0.15, 0.2) is 11.6 Å². The number of halogens is 1. The van der Waals surface area contributed by atoms with Gasteiger partial charge in [-0.3, -0.25) is 4.79 Å². The van der Waals surface area contributed by atoms with Crippen molar-refractivity contribution in [3.63, 3.8) is 0 Å². The van der Waals surface area contributed by atoms with Gasteiger partial charge in [-0.05, 0) is 37.3 Å². The van der Waals surface area contributed by atoms with Gasteiger partial charge in [0, 0.05) is 5.69 Å². The number of carbonyl (C=O) groups is 1. The Hall–Kier alpha value is -2.83. The fourth-order valence-corrected chi connectivity index (χ4v) is 1.60. The predicted molar refractivity (Wildman–Crippen MR) is 70.3 cm³/mol. The molecule has 1 aromatic carbocycles. The van der Waals surface area contributed by atoms with Crippen molar-refractivity contribution < 1.29 is 18.8 Å². The Kier molecular flexibility index (Phi) is 3.69. The van der Waals surface area contributed by atoms with Crippen LogP contribution < -0.4 is 11.1 Å². The number of amides is 1. The van der Waals surface area contributed by atoms with Crippen molar-refractivity contribution in [1.29, 1.82) is 0 Å². The molecule has 0 unspecified atom stereocenters. The van der Waals surface area contributed by atoms with E-state index in [9.17, 15) is 9.18 Å². The second-order valence-electron chi connectivity index (χ2n) is 4.04. The fourth-order valence-electron chi connectivity index (χ4n) is 1.60. The van der Waals surface area contributed by atoms with Gasteiger partial charge in [-0.2, -0.15) is 0 Å². The Balaban J connectivity index is 2.24. The third-order valence-corrected chi connectivity index (χ3v) is 2.57. The highest BCUT2D eigenvalue weighted by molar-refractivity contribution is 6.03. The van der Waals surface area contributed by atoms with Gasteiger partial charge in [0.1, 0.15) is 11.6 Å². The zero-order valence-corrected chi connectivity index (χ0v) is 10.6. The van der Waals surface area contributed by atoms with Crippen LogP contribution in [0.3, 0.4) is 0 Å². The summed E-state index contributed by atoms with van der Waals surface area (Å²) < 4.78 is 18.6. The molecule has 0 aliphatic heterocycles. The lowest BCUT2D eigenvalue weighted by atomic mass is 10.1. The van der Waals surface area contributed by atoms with Crippen LogP contribution >= 0.6 is 0 Å².